The smallest absolute Gasteiger partial charge is 0.353 e. The van der Waals surface area contributed by atoms with Gasteiger partial charge in [-0.2, -0.15) is 13.2 Å². The number of pyridine rings is 1. The average Bonchev–Trinajstić information content (AvgIpc) is 2.82. The number of carbonyl (C=O) groups is 2. The third kappa shape index (κ3) is 6.45. The molecule has 1 aliphatic heterocycles. The number of hydrogen-bond donors (Lipinski definition) is 1. The number of piperazine rings is 1. The second-order valence-electron chi connectivity index (χ2n) is 8.19. The van der Waals surface area contributed by atoms with E-state index in [4.69, 9.17) is 0 Å². The monoisotopic (exact) mass is 480 g/mol. The highest BCUT2D eigenvalue weighted by molar-refractivity contribution is 5.96. The number of rotatable bonds is 8. The minimum Gasteiger partial charge on any atom is -0.353 e. The minimum atomic E-state index is -4.76. The van der Waals surface area contributed by atoms with Gasteiger partial charge in [0.1, 0.15) is 11.6 Å². The molecule has 0 aliphatic carbocycles. The lowest BCUT2D eigenvalue weighted by molar-refractivity contribution is -0.138. The first-order chi connectivity index (χ1) is 16.2. The number of amides is 2. The quantitative estimate of drug-likeness (QED) is 0.446. The Kier molecular flexibility index (Phi) is 8.46. The summed E-state index contributed by atoms with van der Waals surface area (Å²) in [5.41, 5.74) is -1.39. The SMILES string of the molecule is CCCCCCNC(=O)c1ccnc(N2CCN(C(=O)c3cc(F)ccc3C(F)(F)F)CC2)c1. The number of alkyl halides is 3. The highest BCUT2D eigenvalue weighted by Gasteiger charge is 2.37. The minimum absolute atomic E-state index is 0.141. The summed E-state index contributed by atoms with van der Waals surface area (Å²) in [5, 5.41) is 2.89. The molecule has 0 atom stereocenters. The van der Waals surface area contributed by atoms with Crippen LogP contribution in [-0.2, 0) is 6.18 Å². The molecule has 2 heterocycles. The number of nitrogens with zero attached hydrogens (tertiary/aromatic N) is 3. The highest BCUT2D eigenvalue weighted by atomic mass is 19.4. The molecule has 0 bridgehead atoms. The van der Waals surface area contributed by atoms with Crippen LogP contribution >= 0.6 is 0 Å². The third-order valence-electron chi connectivity index (χ3n) is 5.73. The molecule has 184 valence electrons. The van der Waals surface area contributed by atoms with E-state index < -0.39 is 29.0 Å². The van der Waals surface area contributed by atoms with Crippen LogP contribution in [0.1, 0.15) is 58.9 Å². The molecule has 1 N–H and O–H groups in total. The van der Waals surface area contributed by atoms with E-state index in [0.29, 0.717) is 49.2 Å². The van der Waals surface area contributed by atoms with Crippen molar-refractivity contribution < 1.29 is 27.2 Å². The van der Waals surface area contributed by atoms with Crippen molar-refractivity contribution in [2.45, 2.75) is 38.8 Å². The van der Waals surface area contributed by atoms with Crippen LogP contribution in [0.3, 0.4) is 0 Å². The molecule has 0 unspecified atom stereocenters. The number of unbranched alkanes of at least 4 members (excludes halogenated alkanes) is 3. The number of anilines is 1. The van der Waals surface area contributed by atoms with Crippen LogP contribution in [0, 0.1) is 5.82 Å². The Morgan fingerprint density at radius 2 is 1.76 bits per heavy atom. The van der Waals surface area contributed by atoms with E-state index in [-0.39, 0.29) is 19.0 Å². The zero-order valence-corrected chi connectivity index (χ0v) is 19.0. The van der Waals surface area contributed by atoms with Gasteiger partial charge in [0.05, 0.1) is 11.1 Å². The van der Waals surface area contributed by atoms with Crippen LogP contribution in [-0.4, -0.2) is 54.4 Å². The Balaban J connectivity index is 1.61. The predicted molar refractivity (Wildman–Crippen MR) is 120 cm³/mol. The Labute approximate surface area is 196 Å². The Bertz CT molecular complexity index is 1000. The van der Waals surface area contributed by atoms with E-state index >= 15 is 0 Å². The number of hydrogen-bond acceptors (Lipinski definition) is 4. The first-order valence-corrected chi connectivity index (χ1v) is 11.4. The fraction of sp³-hybridized carbons (Fsp3) is 0.458. The van der Waals surface area contributed by atoms with Crippen molar-refractivity contribution >= 4 is 17.6 Å². The average molecular weight is 481 g/mol. The standard InChI is InChI=1S/C24H28F4N4O2/c1-2-3-4-5-9-30-22(33)17-8-10-29-21(15-17)31-11-13-32(14-12-31)23(34)19-16-18(25)6-7-20(19)24(26,27)28/h6-8,10,15-16H,2-5,9,11-14H2,1H3,(H,30,33). The Morgan fingerprint density at radius 1 is 1.03 bits per heavy atom. The molecule has 10 heteroatoms. The molecule has 2 amide bonds. The summed E-state index contributed by atoms with van der Waals surface area (Å²) in [4.78, 5) is 32.6. The van der Waals surface area contributed by atoms with Gasteiger partial charge in [0.15, 0.2) is 0 Å². The maximum atomic E-state index is 13.6. The number of carbonyl (C=O) groups excluding carboxylic acids is 2. The van der Waals surface area contributed by atoms with Gasteiger partial charge in [0.2, 0.25) is 0 Å². The summed E-state index contributed by atoms with van der Waals surface area (Å²) in [5.74, 6) is -1.41. The normalized spacial score (nSPS) is 14.3. The first kappa shape index (κ1) is 25.5. The molecule has 1 aromatic carbocycles. The first-order valence-electron chi connectivity index (χ1n) is 11.4. The number of benzene rings is 1. The van der Waals surface area contributed by atoms with Crippen molar-refractivity contribution in [1.82, 2.24) is 15.2 Å². The summed E-state index contributed by atoms with van der Waals surface area (Å²) >= 11 is 0. The van der Waals surface area contributed by atoms with Gasteiger partial charge in [-0.15, -0.1) is 0 Å². The fourth-order valence-electron chi connectivity index (χ4n) is 3.84. The van der Waals surface area contributed by atoms with E-state index in [9.17, 15) is 27.2 Å². The van der Waals surface area contributed by atoms with Crippen LogP contribution in [0.4, 0.5) is 23.4 Å². The molecule has 0 radical (unpaired) electrons. The largest absolute Gasteiger partial charge is 0.417 e. The topological polar surface area (TPSA) is 65.5 Å². The van der Waals surface area contributed by atoms with E-state index in [1.54, 1.807) is 12.1 Å². The molecule has 1 aromatic heterocycles. The van der Waals surface area contributed by atoms with Crippen LogP contribution < -0.4 is 10.2 Å². The van der Waals surface area contributed by atoms with Gasteiger partial charge in [-0.05, 0) is 36.8 Å². The summed E-state index contributed by atoms with van der Waals surface area (Å²) in [7, 11) is 0. The molecule has 0 spiro atoms. The van der Waals surface area contributed by atoms with Crippen molar-refractivity contribution in [2.75, 3.05) is 37.6 Å². The van der Waals surface area contributed by atoms with E-state index in [0.717, 1.165) is 25.7 Å². The maximum Gasteiger partial charge on any atom is 0.417 e. The number of halogens is 4. The predicted octanol–water partition coefficient (Wildman–Crippen LogP) is 4.51. The van der Waals surface area contributed by atoms with Gasteiger partial charge in [0, 0.05) is 44.5 Å². The van der Waals surface area contributed by atoms with Gasteiger partial charge in [-0.3, -0.25) is 9.59 Å². The van der Waals surface area contributed by atoms with E-state index in [1.807, 2.05) is 4.90 Å². The lowest BCUT2D eigenvalue weighted by Crippen LogP contribution is -2.49. The van der Waals surface area contributed by atoms with Gasteiger partial charge in [-0.25, -0.2) is 9.37 Å². The second kappa shape index (κ2) is 11.3. The molecule has 1 saturated heterocycles. The van der Waals surface area contributed by atoms with Gasteiger partial charge < -0.3 is 15.1 Å². The van der Waals surface area contributed by atoms with Crippen LogP contribution in [0.25, 0.3) is 0 Å². The highest BCUT2D eigenvalue weighted by Crippen LogP contribution is 2.33. The molecular formula is C24H28F4N4O2. The molecule has 1 aliphatic rings. The molecule has 0 saturated carbocycles. The fourth-order valence-corrected chi connectivity index (χ4v) is 3.84. The Morgan fingerprint density at radius 3 is 2.44 bits per heavy atom. The van der Waals surface area contributed by atoms with Crippen molar-refractivity contribution in [3.8, 4) is 0 Å². The summed E-state index contributed by atoms with van der Waals surface area (Å²) in [6, 6.07) is 5.19. The van der Waals surface area contributed by atoms with Crippen LogP contribution in [0.2, 0.25) is 0 Å². The molecule has 6 nitrogen and oxygen atoms in total. The zero-order valence-electron chi connectivity index (χ0n) is 19.0. The zero-order chi connectivity index (χ0) is 24.7. The Hall–Kier alpha value is -3.17. The maximum absolute atomic E-state index is 13.6. The van der Waals surface area contributed by atoms with Crippen molar-refractivity contribution in [2.24, 2.45) is 0 Å². The summed E-state index contributed by atoms with van der Waals surface area (Å²) in [6.45, 7) is 3.63. The van der Waals surface area contributed by atoms with Gasteiger partial charge in [-0.1, -0.05) is 26.2 Å². The molecular weight excluding hydrogens is 452 g/mol. The number of nitrogens with one attached hydrogen (secondary N) is 1. The van der Waals surface area contributed by atoms with Crippen LogP contribution in [0.15, 0.2) is 36.5 Å². The van der Waals surface area contributed by atoms with Crippen molar-refractivity contribution in [3.05, 3.63) is 59.0 Å². The number of aromatic nitrogens is 1. The van der Waals surface area contributed by atoms with Crippen molar-refractivity contribution in [1.29, 1.82) is 0 Å². The lowest BCUT2D eigenvalue weighted by Gasteiger charge is -2.35. The van der Waals surface area contributed by atoms with E-state index in [2.05, 4.69) is 17.2 Å². The molecule has 2 aromatic rings. The second-order valence-corrected chi connectivity index (χ2v) is 8.19. The van der Waals surface area contributed by atoms with Gasteiger partial charge in [0.25, 0.3) is 11.8 Å². The lowest BCUT2D eigenvalue weighted by atomic mass is 10.0. The molecule has 1 fully saturated rings. The van der Waals surface area contributed by atoms with Crippen LogP contribution in [0.5, 0.6) is 0 Å². The van der Waals surface area contributed by atoms with Gasteiger partial charge >= 0.3 is 6.18 Å². The van der Waals surface area contributed by atoms with Crippen molar-refractivity contribution in [3.63, 3.8) is 0 Å². The molecule has 34 heavy (non-hydrogen) atoms. The summed E-state index contributed by atoms with van der Waals surface area (Å²) < 4.78 is 53.4. The van der Waals surface area contributed by atoms with E-state index in [1.165, 1.54) is 11.1 Å². The molecule has 3 rings (SSSR count). The summed E-state index contributed by atoms with van der Waals surface area (Å²) in [6.07, 6.45) is 0.978. The third-order valence-corrected chi connectivity index (χ3v) is 5.73.